The highest BCUT2D eigenvalue weighted by molar-refractivity contribution is 5.49. The Bertz CT molecular complexity index is 450. The summed E-state index contributed by atoms with van der Waals surface area (Å²) < 4.78 is 38.0. The summed E-state index contributed by atoms with van der Waals surface area (Å²) in [6, 6.07) is 2.32. The Morgan fingerprint density at radius 3 is 2.68 bits per heavy atom. The van der Waals surface area contributed by atoms with Crippen molar-refractivity contribution in [3.05, 3.63) is 23.4 Å². The minimum atomic E-state index is -4.46. The lowest BCUT2D eigenvalue weighted by atomic mass is 10.1. The first kappa shape index (κ1) is 14.1. The fraction of sp³-hybridized carbons (Fsp3) is 0.583. The number of anilines is 1. The maximum atomic E-state index is 12.7. The van der Waals surface area contributed by atoms with E-state index in [2.05, 4.69) is 4.98 Å². The molecule has 0 radical (unpaired) electrons. The molecule has 1 aliphatic heterocycles. The van der Waals surface area contributed by atoms with Gasteiger partial charge in [0.1, 0.15) is 11.5 Å². The maximum absolute atomic E-state index is 12.7. The van der Waals surface area contributed by atoms with Crippen LogP contribution >= 0.6 is 0 Å². The van der Waals surface area contributed by atoms with E-state index >= 15 is 0 Å². The molecule has 2 heterocycles. The van der Waals surface area contributed by atoms with Crippen molar-refractivity contribution in [2.75, 3.05) is 24.6 Å². The predicted molar refractivity (Wildman–Crippen MR) is 64.5 cm³/mol. The van der Waals surface area contributed by atoms with Crippen LogP contribution in [0.15, 0.2) is 12.1 Å². The minimum absolute atomic E-state index is 0.0351. The highest BCUT2D eigenvalue weighted by Gasteiger charge is 2.34. The first-order valence-corrected chi connectivity index (χ1v) is 6.08. The molecule has 3 N–H and O–H groups in total. The van der Waals surface area contributed by atoms with Gasteiger partial charge in [-0.3, -0.25) is 0 Å². The van der Waals surface area contributed by atoms with Crippen LogP contribution in [-0.4, -0.2) is 29.8 Å². The van der Waals surface area contributed by atoms with Gasteiger partial charge in [-0.05, 0) is 12.5 Å². The quantitative estimate of drug-likeness (QED) is 0.874. The number of halogens is 3. The molecule has 1 aliphatic rings. The zero-order valence-electron chi connectivity index (χ0n) is 10.3. The Hall–Kier alpha value is -1.34. The molecule has 0 saturated carbocycles. The molecule has 1 fully saturated rings. The molecule has 0 aliphatic carbocycles. The fourth-order valence-electron chi connectivity index (χ4n) is 2.24. The van der Waals surface area contributed by atoms with E-state index in [0.29, 0.717) is 18.7 Å². The number of alkyl halides is 3. The van der Waals surface area contributed by atoms with Gasteiger partial charge >= 0.3 is 6.18 Å². The predicted octanol–water partition coefficient (Wildman–Crippen LogP) is 1.38. The summed E-state index contributed by atoms with van der Waals surface area (Å²) in [6.45, 7) is 1.28. The molecule has 0 spiro atoms. The van der Waals surface area contributed by atoms with E-state index in [1.165, 1.54) is 6.07 Å². The molecule has 1 aromatic heterocycles. The third-order valence-corrected chi connectivity index (χ3v) is 3.31. The molecule has 2 rings (SSSR count). The zero-order chi connectivity index (χ0) is 14.0. The van der Waals surface area contributed by atoms with Crippen molar-refractivity contribution < 1.29 is 18.3 Å². The van der Waals surface area contributed by atoms with Crippen molar-refractivity contribution in [2.45, 2.75) is 19.1 Å². The smallest absolute Gasteiger partial charge is 0.396 e. The Balaban J connectivity index is 2.32. The number of aliphatic hydroxyl groups is 1. The van der Waals surface area contributed by atoms with Gasteiger partial charge < -0.3 is 15.7 Å². The molecule has 0 bridgehead atoms. The summed E-state index contributed by atoms with van der Waals surface area (Å²) in [6.07, 6.45) is -3.71. The van der Waals surface area contributed by atoms with Gasteiger partial charge in [-0.25, -0.2) is 4.98 Å². The SMILES string of the molecule is NCc1ccc(C(F)(F)F)nc1N1CCC(CO)C1. The van der Waals surface area contributed by atoms with Crippen LogP contribution in [0.2, 0.25) is 0 Å². The molecule has 0 amide bonds. The van der Waals surface area contributed by atoms with E-state index in [9.17, 15) is 13.2 Å². The molecule has 1 unspecified atom stereocenters. The molecule has 0 aromatic carbocycles. The third-order valence-electron chi connectivity index (χ3n) is 3.31. The van der Waals surface area contributed by atoms with Crippen LogP contribution < -0.4 is 10.6 Å². The number of nitrogens with two attached hydrogens (primary N) is 1. The summed E-state index contributed by atoms with van der Waals surface area (Å²) >= 11 is 0. The van der Waals surface area contributed by atoms with Crippen molar-refractivity contribution in [2.24, 2.45) is 11.7 Å². The van der Waals surface area contributed by atoms with E-state index in [0.717, 1.165) is 12.5 Å². The molecule has 106 valence electrons. The van der Waals surface area contributed by atoms with Crippen molar-refractivity contribution in [3.8, 4) is 0 Å². The Morgan fingerprint density at radius 1 is 1.42 bits per heavy atom. The van der Waals surface area contributed by atoms with Crippen molar-refractivity contribution >= 4 is 5.82 Å². The van der Waals surface area contributed by atoms with Gasteiger partial charge in [0.15, 0.2) is 0 Å². The first-order valence-electron chi connectivity index (χ1n) is 6.08. The number of pyridine rings is 1. The minimum Gasteiger partial charge on any atom is -0.396 e. The van der Waals surface area contributed by atoms with Crippen LogP contribution in [0.1, 0.15) is 17.7 Å². The van der Waals surface area contributed by atoms with Crippen LogP contribution in [0, 0.1) is 5.92 Å². The lowest BCUT2D eigenvalue weighted by molar-refractivity contribution is -0.141. The van der Waals surface area contributed by atoms with E-state index < -0.39 is 11.9 Å². The lowest BCUT2D eigenvalue weighted by Crippen LogP contribution is -2.25. The summed E-state index contributed by atoms with van der Waals surface area (Å²) in [5.41, 5.74) is 5.23. The van der Waals surface area contributed by atoms with Crippen LogP contribution in [0.4, 0.5) is 19.0 Å². The Labute approximate surface area is 109 Å². The van der Waals surface area contributed by atoms with Crippen LogP contribution in [0.5, 0.6) is 0 Å². The number of nitrogens with zero attached hydrogens (tertiary/aromatic N) is 2. The van der Waals surface area contributed by atoms with Gasteiger partial charge in [-0.2, -0.15) is 13.2 Å². The highest BCUT2D eigenvalue weighted by Crippen LogP contribution is 2.32. The average Bonchev–Trinajstić information content (AvgIpc) is 2.85. The number of hydrogen-bond acceptors (Lipinski definition) is 4. The molecule has 1 atom stereocenters. The molecule has 1 saturated heterocycles. The summed E-state index contributed by atoms with van der Waals surface area (Å²) in [4.78, 5) is 5.47. The van der Waals surface area contributed by atoms with Crippen molar-refractivity contribution in [1.29, 1.82) is 0 Å². The monoisotopic (exact) mass is 275 g/mol. The first-order chi connectivity index (χ1) is 8.95. The number of aromatic nitrogens is 1. The van der Waals surface area contributed by atoms with Gasteiger partial charge in [0.05, 0.1) is 0 Å². The lowest BCUT2D eigenvalue weighted by Gasteiger charge is -2.21. The zero-order valence-corrected chi connectivity index (χ0v) is 10.3. The van der Waals surface area contributed by atoms with Gasteiger partial charge in [0.25, 0.3) is 0 Å². The number of hydrogen-bond donors (Lipinski definition) is 2. The van der Waals surface area contributed by atoms with E-state index in [1.807, 2.05) is 0 Å². The number of aliphatic hydroxyl groups excluding tert-OH is 1. The molecular weight excluding hydrogens is 259 g/mol. The number of rotatable bonds is 3. The molecule has 7 heteroatoms. The Kier molecular flexibility index (Phi) is 3.96. The van der Waals surface area contributed by atoms with E-state index in [-0.39, 0.29) is 24.9 Å². The van der Waals surface area contributed by atoms with Crippen LogP contribution in [0.3, 0.4) is 0 Å². The topological polar surface area (TPSA) is 62.4 Å². The molecule has 19 heavy (non-hydrogen) atoms. The normalized spacial score (nSPS) is 20.1. The Morgan fingerprint density at radius 2 is 2.16 bits per heavy atom. The van der Waals surface area contributed by atoms with Gasteiger partial charge in [0.2, 0.25) is 0 Å². The second kappa shape index (κ2) is 5.34. The maximum Gasteiger partial charge on any atom is 0.433 e. The molecular formula is C12H16F3N3O. The van der Waals surface area contributed by atoms with Crippen molar-refractivity contribution in [1.82, 2.24) is 4.98 Å². The van der Waals surface area contributed by atoms with Crippen LogP contribution in [-0.2, 0) is 12.7 Å². The van der Waals surface area contributed by atoms with Gasteiger partial charge in [-0.1, -0.05) is 6.07 Å². The summed E-state index contributed by atoms with van der Waals surface area (Å²) in [7, 11) is 0. The largest absolute Gasteiger partial charge is 0.433 e. The third kappa shape index (κ3) is 2.98. The van der Waals surface area contributed by atoms with Crippen LogP contribution in [0.25, 0.3) is 0 Å². The highest BCUT2D eigenvalue weighted by atomic mass is 19.4. The standard InChI is InChI=1S/C12H16F3N3O/c13-12(14,15)10-2-1-9(5-16)11(17-10)18-4-3-8(6-18)7-19/h1-2,8,19H,3-7,16H2. The molecule has 1 aromatic rings. The van der Waals surface area contributed by atoms with Gasteiger partial charge in [-0.15, -0.1) is 0 Å². The average molecular weight is 275 g/mol. The second-order valence-electron chi connectivity index (χ2n) is 4.66. The summed E-state index contributed by atoms with van der Waals surface area (Å²) in [5, 5.41) is 9.09. The van der Waals surface area contributed by atoms with Gasteiger partial charge in [0, 0.05) is 37.7 Å². The van der Waals surface area contributed by atoms with Crippen molar-refractivity contribution in [3.63, 3.8) is 0 Å². The van der Waals surface area contributed by atoms with E-state index in [1.54, 1.807) is 4.90 Å². The van der Waals surface area contributed by atoms with E-state index in [4.69, 9.17) is 10.8 Å². The molecule has 4 nitrogen and oxygen atoms in total. The fourth-order valence-corrected chi connectivity index (χ4v) is 2.24. The second-order valence-corrected chi connectivity index (χ2v) is 4.66. The summed E-state index contributed by atoms with van der Waals surface area (Å²) in [5.74, 6) is 0.371.